The van der Waals surface area contributed by atoms with Crippen LogP contribution in [-0.4, -0.2) is 37.0 Å². The summed E-state index contributed by atoms with van der Waals surface area (Å²) in [5.74, 6) is -0.203. The van der Waals surface area contributed by atoms with E-state index >= 15 is 0 Å². The summed E-state index contributed by atoms with van der Waals surface area (Å²) in [6, 6.07) is 0. The zero-order valence-electron chi connectivity index (χ0n) is 32.3. The number of unbranched alkanes of at least 4 members (excludes halogenated alkanes) is 25. The normalized spacial score (nSPS) is 12.6. The Bertz CT molecular complexity index is 713. The number of hydrogen-bond acceptors (Lipinski definition) is 4. The van der Waals surface area contributed by atoms with Gasteiger partial charge in [-0.25, -0.2) is 0 Å². The topological polar surface area (TPSA) is 55.8 Å². The molecular formula is C44H82O4. The fourth-order valence-electron chi connectivity index (χ4n) is 6.04. The van der Waals surface area contributed by atoms with Gasteiger partial charge in [-0.05, 0) is 51.4 Å². The van der Waals surface area contributed by atoms with Gasteiger partial charge < -0.3 is 14.6 Å². The lowest BCUT2D eigenvalue weighted by atomic mass is 10.0. The van der Waals surface area contributed by atoms with E-state index in [1.54, 1.807) is 0 Å². The van der Waals surface area contributed by atoms with Crippen molar-refractivity contribution in [2.75, 3.05) is 19.8 Å². The van der Waals surface area contributed by atoms with Crippen molar-refractivity contribution >= 4 is 5.97 Å². The lowest BCUT2D eigenvalue weighted by molar-refractivity contribution is -0.154. The molecule has 0 aliphatic heterocycles. The van der Waals surface area contributed by atoms with Crippen LogP contribution < -0.4 is 0 Å². The molecule has 0 aliphatic rings. The number of esters is 1. The maximum atomic E-state index is 12.2. The average Bonchev–Trinajstić information content (AvgIpc) is 3.09. The maximum Gasteiger partial charge on any atom is 0.306 e. The second-order valence-corrected chi connectivity index (χ2v) is 14.1. The lowest BCUT2D eigenvalue weighted by Crippen LogP contribution is -2.27. The van der Waals surface area contributed by atoms with Gasteiger partial charge in [0.25, 0.3) is 0 Å². The average molecular weight is 675 g/mol. The first-order chi connectivity index (χ1) is 23.7. The molecule has 0 amide bonds. The number of aliphatic hydroxyl groups is 1. The smallest absolute Gasteiger partial charge is 0.306 e. The number of ether oxygens (including phenoxy) is 2. The Hall–Kier alpha value is -1.39. The van der Waals surface area contributed by atoms with E-state index in [4.69, 9.17) is 9.47 Å². The van der Waals surface area contributed by atoms with Crippen LogP contribution in [-0.2, 0) is 14.3 Å². The van der Waals surface area contributed by atoms with Gasteiger partial charge >= 0.3 is 5.97 Å². The van der Waals surface area contributed by atoms with Crippen LogP contribution in [0.1, 0.15) is 213 Å². The monoisotopic (exact) mass is 675 g/mol. The van der Waals surface area contributed by atoms with Crippen molar-refractivity contribution in [2.45, 2.75) is 219 Å². The molecule has 1 unspecified atom stereocenters. The van der Waals surface area contributed by atoms with Crippen molar-refractivity contribution in [3.8, 4) is 0 Å². The van der Waals surface area contributed by atoms with Gasteiger partial charge in [0.1, 0.15) is 6.10 Å². The molecule has 1 atom stereocenters. The van der Waals surface area contributed by atoms with Crippen LogP contribution in [0.25, 0.3) is 0 Å². The Morgan fingerprint density at radius 1 is 0.500 bits per heavy atom. The van der Waals surface area contributed by atoms with E-state index in [1.807, 2.05) is 0 Å². The molecule has 0 fully saturated rings. The summed E-state index contributed by atoms with van der Waals surface area (Å²) in [5, 5.41) is 9.59. The van der Waals surface area contributed by atoms with Gasteiger partial charge in [0.15, 0.2) is 0 Å². The molecule has 0 aromatic rings. The maximum absolute atomic E-state index is 12.2. The van der Waals surface area contributed by atoms with E-state index in [-0.39, 0.29) is 12.6 Å². The van der Waals surface area contributed by atoms with Gasteiger partial charge in [-0.15, -0.1) is 0 Å². The van der Waals surface area contributed by atoms with Crippen LogP contribution in [0.2, 0.25) is 0 Å². The van der Waals surface area contributed by atoms with Gasteiger partial charge in [-0.2, -0.15) is 0 Å². The minimum Gasteiger partial charge on any atom is -0.457 e. The third-order valence-corrected chi connectivity index (χ3v) is 9.22. The summed E-state index contributed by atoms with van der Waals surface area (Å²) in [6.07, 6.45) is 52.0. The highest BCUT2D eigenvalue weighted by atomic mass is 16.6. The summed E-state index contributed by atoms with van der Waals surface area (Å²) < 4.78 is 11.1. The Balaban J connectivity index is 3.44. The zero-order valence-corrected chi connectivity index (χ0v) is 32.3. The Morgan fingerprint density at radius 2 is 0.875 bits per heavy atom. The highest BCUT2D eigenvalue weighted by Gasteiger charge is 2.13. The highest BCUT2D eigenvalue weighted by molar-refractivity contribution is 5.69. The first kappa shape index (κ1) is 46.6. The summed E-state index contributed by atoms with van der Waals surface area (Å²) in [5.41, 5.74) is 0. The van der Waals surface area contributed by atoms with E-state index in [1.165, 1.54) is 161 Å². The molecule has 0 aliphatic carbocycles. The minimum atomic E-state index is -0.536. The van der Waals surface area contributed by atoms with Crippen molar-refractivity contribution in [3.05, 3.63) is 36.5 Å². The molecule has 0 spiro atoms. The fourth-order valence-corrected chi connectivity index (χ4v) is 6.04. The third-order valence-electron chi connectivity index (χ3n) is 9.22. The molecule has 48 heavy (non-hydrogen) atoms. The third kappa shape index (κ3) is 39.1. The lowest BCUT2D eigenvalue weighted by Gasteiger charge is -2.16. The van der Waals surface area contributed by atoms with E-state index < -0.39 is 6.10 Å². The summed E-state index contributed by atoms with van der Waals surface area (Å²) >= 11 is 0. The molecule has 4 heteroatoms. The molecule has 0 bridgehead atoms. The molecule has 0 radical (unpaired) electrons. The van der Waals surface area contributed by atoms with E-state index in [2.05, 4.69) is 50.3 Å². The molecule has 0 aromatic heterocycles. The predicted octanol–water partition coefficient (Wildman–Crippen LogP) is 13.7. The molecule has 0 rings (SSSR count). The van der Waals surface area contributed by atoms with E-state index in [0.717, 1.165) is 32.1 Å². The van der Waals surface area contributed by atoms with Crippen LogP contribution in [0.5, 0.6) is 0 Å². The van der Waals surface area contributed by atoms with Crippen LogP contribution in [0.3, 0.4) is 0 Å². The molecular weight excluding hydrogens is 592 g/mol. The molecule has 4 nitrogen and oxygen atoms in total. The largest absolute Gasteiger partial charge is 0.457 e. The molecule has 0 heterocycles. The molecule has 282 valence electrons. The number of aliphatic hydroxyl groups excluding tert-OH is 1. The molecule has 0 aromatic carbocycles. The zero-order chi connectivity index (χ0) is 34.9. The number of carbonyl (C=O) groups excluding carboxylic acids is 1. The second kappa shape index (κ2) is 41.8. The van der Waals surface area contributed by atoms with Crippen LogP contribution in [0.15, 0.2) is 36.5 Å². The first-order valence-corrected chi connectivity index (χ1v) is 21.1. The Morgan fingerprint density at radius 3 is 1.31 bits per heavy atom. The standard InChI is InChI=1S/C44H82O4/c1-3-5-7-9-11-13-15-17-19-20-21-22-23-24-25-26-28-30-32-34-36-38-40-47-42-43(41-45)48-44(46)39-37-35-33-31-29-27-18-16-14-12-10-8-6-4-2/h15,17,20-21,23-24,43,45H,3-14,16,18-19,22,25-42H2,1-2H3/b17-15-,21-20-,24-23-. The predicted molar refractivity (Wildman–Crippen MR) is 210 cm³/mol. The number of hydrogen-bond donors (Lipinski definition) is 1. The van der Waals surface area contributed by atoms with Gasteiger partial charge in [-0.1, -0.05) is 192 Å². The highest BCUT2D eigenvalue weighted by Crippen LogP contribution is 2.14. The number of allylic oxidation sites excluding steroid dienone is 6. The van der Waals surface area contributed by atoms with Crippen molar-refractivity contribution in [3.63, 3.8) is 0 Å². The van der Waals surface area contributed by atoms with Gasteiger partial charge in [0.05, 0.1) is 13.2 Å². The SMILES string of the molecule is CCCCCCC/C=C\C/C=C\C/C=C\CCCCCCCCCOCC(CO)OC(=O)CCCCCCCCCCCCCCCC. The summed E-state index contributed by atoms with van der Waals surface area (Å²) in [6.45, 7) is 5.33. The minimum absolute atomic E-state index is 0.173. The van der Waals surface area contributed by atoms with Gasteiger partial charge in [0, 0.05) is 13.0 Å². The van der Waals surface area contributed by atoms with Gasteiger partial charge in [-0.3, -0.25) is 4.79 Å². The molecule has 1 N–H and O–H groups in total. The Labute approximate surface area is 300 Å². The van der Waals surface area contributed by atoms with Gasteiger partial charge in [0.2, 0.25) is 0 Å². The molecule has 0 saturated carbocycles. The van der Waals surface area contributed by atoms with Crippen molar-refractivity contribution in [1.29, 1.82) is 0 Å². The van der Waals surface area contributed by atoms with Crippen LogP contribution >= 0.6 is 0 Å². The van der Waals surface area contributed by atoms with Crippen LogP contribution in [0, 0.1) is 0 Å². The van der Waals surface area contributed by atoms with Crippen molar-refractivity contribution in [1.82, 2.24) is 0 Å². The van der Waals surface area contributed by atoms with E-state index in [9.17, 15) is 9.90 Å². The van der Waals surface area contributed by atoms with Crippen LogP contribution in [0.4, 0.5) is 0 Å². The first-order valence-electron chi connectivity index (χ1n) is 21.1. The number of carbonyl (C=O) groups is 1. The summed E-state index contributed by atoms with van der Waals surface area (Å²) in [4.78, 5) is 12.2. The second-order valence-electron chi connectivity index (χ2n) is 14.1. The summed E-state index contributed by atoms with van der Waals surface area (Å²) in [7, 11) is 0. The molecule has 0 saturated heterocycles. The van der Waals surface area contributed by atoms with Crippen molar-refractivity contribution < 1.29 is 19.4 Å². The van der Waals surface area contributed by atoms with Crippen molar-refractivity contribution in [2.24, 2.45) is 0 Å². The quantitative estimate of drug-likeness (QED) is 0.0400. The number of rotatable bonds is 39. The van der Waals surface area contributed by atoms with E-state index in [0.29, 0.717) is 19.6 Å². The fraction of sp³-hybridized carbons (Fsp3) is 0.841. The Kier molecular flexibility index (Phi) is 40.6.